The molecular weight excluding hydrogens is 218 g/mol. The van der Waals surface area contributed by atoms with Crippen molar-refractivity contribution in [2.75, 3.05) is 13.1 Å². The highest BCUT2D eigenvalue weighted by Gasteiger charge is 2.40. The Balaban J connectivity index is 2.00. The van der Waals surface area contributed by atoms with Crippen molar-refractivity contribution in [3.05, 3.63) is 0 Å². The zero-order valence-electron chi connectivity index (χ0n) is 12.8. The molecule has 0 N–H and O–H groups in total. The van der Waals surface area contributed by atoms with Gasteiger partial charge in [0, 0.05) is 12.6 Å². The summed E-state index contributed by atoms with van der Waals surface area (Å²) in [6, 6.07) is 0.938. The summed E-state index contributed by atoms with van der Waals surface area (Å²) in [7, 11) is 0. The third-order valence-electron chi connectivity index (χ3n) is 5.71. The molecule has 0 aromatic rings. The van der Waals surface area contributed by atoms with Gasteiger partial charge in [-0.05, 0) is 43.6 Å². The maximum Gasteiger partial charge on any atom is 0.0126 e. The number of piperidine rings is 2. The summed E-state index contributed by atoms with van der Waals surface area (Å²) in [5.74, 6) is 2.92. The Hall–Kier alpha value is -0.0400. The van der Waals surface area contributed by atoms with Crippen LogP contribution in [0, 0.1) is 17.8 Å². The molecule has 106 valence electrons. The molecule has 18 heavy (non-hydrogen) atoms. The van der Waals surface area contributed by atoms with Crippen molar-refractivity contribution in [1.29, 1.82) is 0 Å². The van der Waals surface area contributed by atoms with E-state index < -0.39 is 0 Å². The fourth-order valence-electron chi connectivity index (χ4n) is 4.48. The van der Waals surface area contributed by atoms with Gasteiger partial charge in [-0.1, -0.05) is 52.9 Å². The molecule has 2 heterocycles. The van der Waals surface area contributed by atoms with Crippen LogP contribution in [0.25, 0.3) is 0 Å². The molecule has 2 fully saturated rings. The van der Waals surface area contributed by atoms with Gasteiger partial charge in [0.1, 0.15) is 0 Å². The van der Waals surface area contributed by atoms with Crippen LogP contribution in [0.3, 0.4) is 0 Å². The van der Waals surface area contributed by atoms with Crippen LogP contribution in [-0.2, 0) is 0 Å². The Kier molecular flexibility index (Phi) is 5.54. The van der Waals surface area contributed by atoms with E-state index in [4.69, 9.17) is 0 Å². The van der Waals surface area contributed by atoms with E-state index in [2.05, 4.69) is 25.7 Å². The Labute approximate surface area is 114 Å². The van der Waals surface area contributed by atoms with Gasteiger partial charge < -0.3 is 0 Å². The molecule has 0 amide bonds. The molecule has 2 aliphatic heterocycles. The average Bonchev–Trinajstić information content (AvgIpc) is 2.41. The fraction of sp³-hybridized carbons (Fsp3) is 1.00. The lowest BCUT2D eigenvalue weighted by Gasteiger charge is -2.51. The third kappa shape index (κ3) is 3.10. The summed E-state index contributed by atoms with van der Waals surface area (Å²) in [5.41, 5.74) is 0. The molecule has 4 unspecified atom stereocenters. The van der Waals surface area contributed by atoms with Crippen molar-refractivity contribution in [2.45, 2.75) is 78.2 Å². The third-order valence-corrected chi connectivity index (χ3v) is 5.71. The van der Waals surface area contributed by atoms with E-state index in [1.54, 1.807) is 0 Å². The van der Waals surface area contributed by atoms with Crippen molar-refractivity contribution in [1.82, 2.24) is 4.90 Å². The van der Waals surface area contributed by atoms with Crippen LogP contribution in [0.15, 0.2) is 0 Å². The average molecular weight is 251 g/mol. The molecule has 0 spiro atoms. The minimum absolute atomic E-state index is 0.938. The summed E-state index contributed by atoms with van der Waals surface area (Å²) >= 11 is 0. The first-order chi connectivity index (χ1) is 8.77. The van der Waals surface area contributed by atoms with Gasteiger partial charge in [0.2, 0.25) is 0 Å². The summed E-state index contributed by atoms with van der Waals surface area (Å²) in [6.45, 7) is 10.1. The molecule has 0 bridgehead atoms. The van der Waals surface area contributed by atoms with Gasteiger partial charge in [0.25, 0.3) is 0 Å². The summed E-state index contributed by atoms with van der Waals surface area (Å²) < 4.78 is 0. The summed E-state index contributed by atoms with van der Waals surface area (Å²) in [5, 5.41) is 0. The Morgan fingerprint density at radius 3 is 2.67 bits per heavy atom. The van der Waals surface area contributed by atoms with Crippen LogP contribution >= 0.6 is 0 Å². The van der Waals surface area contributed by atoms with Gasteiger partial charge in [-0.2, -0.15) is 0 Å². The number of hydrogen-bond donors (Lipinski definition) is 0. The highest BCUT2D eigenvalue weighted by atomic mass is 15.2. The van der Waals surface area contributed by atoms with Crippen molar-refractivity contribution < 1.29 is 0 Å². The number of fused-ring (bicyclic) bond motifs is 1. The van der Waals surface area contributed by atoms with Crippen LogP contribution in [-0.4, -0.2) is 24.0 Å². The summed E-state index contributed by atoms with van der Waals surface area (Å²) in [4.78, 5) is 2.86. The zero-order chi connectivity index (χ0) is 13.0. The number of hydrogen-bond acceptors (Lipinski definition) is 1. The Morgan fingerprint density at radius 2 is 1.94 bits per heavy atom. The van der Waals surface area contributed by atoms with Crippen LogP contribution in [0.1, 0.15) is 72.1 Å². The van der Waals surface area contributed by atoms with E-state index in [9.17, 15) is 0 Å². The second-order valence-corrected chi connectivity index (χ2v) is 6.75. The molecule has 0 saturated carbocycles. The van der Waals surface area contributed by atoms with Gasteiger partial charge in [-0.25, -0.2) is 0 Å². The minimum Gasteiger partial charge on any atom is -0.300 e. The molecule has 1 nitrogen and oxygen atoms in total. The lowest BCUT2D eigenvalue weighted by Crippen LogP contribution is -2.54. The number of nitrogens with zero attached hydrogens (tertiary/aromatic N) is 1. The SMILES string of the molecule is CCCCCC1C(C)C(CC)CN2CCCCC12. The minimum atomic E-state index is 0.938. The molecule has 2 saturated heterocycles. The monoisotopic (exact) mass is 251 g/mol. The van der Waals surface area contributed by atoms with Gasteiger partial charge in [-0.15, -0.1) is 0 Å². The van der Waals surface area contributed by atoms with E-state index in [-0.39, 0.29) is 0 Å². The van der Waals surface area contributed by atoms with E-state index in [0.717, 1.165) is 23.8 Å². The molecule has 0 radical (unpaired) electrons. The Morgan fingerprint density at radius 1 is 1.11 bits per heavy atom. The molecular formula is C17H33N. The largest absolute Gasteiger partial charge is 0.300 e. The second kappa shape index (κ2) is 6.93. The lowest BCUT2D eigenvalue weighted by atomic mass is 9.69. The first-order valence-corrected chi connectivity index (χ1v) is 8.52. The number of rotatable bonds is 5. The first kappa shape index (κ1) is 14.4. The number of unbranched alkanes of at least 4 members (excludes halogenated alkanes) is 2. The maximum absolute atomic E-state index is 2.86. The van der Waals surface area contributed by atoms with Crippen molar-refractivity contribution in [3.8, 4) is 0 Å². The molecule has 2 aliphatic rings. The normalized spacial score (nSPS) is 37.5. The Bertz CT molecular complexity index is 238. The van der Waals surface area contributed by atoms with E-state index in [1.807, 2.05) is 0 Å². The van der Waals surface area contributed by atoms with Crippen LogP contribution in [0.2, 0.25) is 0 Å². The van der Waals surface area contributed by atoms with Crippen LogP contribution < -0.4 is 0 Å². The first-order valence-electron chi connectivity index (χ1n) is 8.52. The molecule has 1 heteroatoms. The van der Waals surface area contributed by atoms with Crippen LogP contribution in [0.5, 0.6) is 0 Å². The predicted molar refractivity (Wildman–Crippen MR) is 79.8 cm³/mol. The van der Waals surface area contributed by atoms with Gasteiger partial charge in [0.15, 0.2) is 0 Å². The molecule has 0 aromatic carbocycles. The van der Waals surface area contributed by atoms with Gasteiger partial charge in [0.05, 0.1) is 0 Å². The second-order valence-electron chi connectivity index (χ2n) is 6.75. The smallest absolute Gasteiger partial charge is 0.0126 e. The molecule has 2 rings (SSSR count). The highest BCUT2D eigenvalue weighted by Crippen LogP contribution is 2.41. The molecule has 0 aliphatic carbocycles. The van der Waals surface area contributed by atoms with Crippen molar-refractivity contribution >= 4 is 0 Å². The zero-order valence-corrected chi connectivity index (χ0v) is 12.8. The van der Waals surface area contributed by atoms with Gasteiger partial charge >= 0.3 is 0 Å². The van der Waals surface area contributed by atoms with Crippen molar-refractivity contribution in [2.24, 2.45) is 17.8 Å². The quantitative estimate of drug-likeness (QED) is 0.639. The lowest BCUT2D eigenvalue weighted by molar-refractivity contribution is -0.0163. The van der Waals surface area contributed by atoms with Crippen molar-refractivity contribution in [3.63, 3.8) is 0 Å². The molecule has 4 atom stereocenters. The summed E-state index contributed by atoms with van der Waals surface area (Å²) in [6.07, 6.45) is 11.6. The van der Waals surface area contributed by atoms with Crippen LogP contribution in [0.4, 0.5) is 0 Å². The van der Waals surface area contributed by atoms with E-state index in [1.165, 1.54) is 64.5 Å². The maximum atomic E-state index is 2.86. The van der Waals surface area contributed by atoms with E-state index in [0.29, 0.717) is 0 Å². The highest BCUT2D eigenvalue weighted by molar-refractivity contribution is 4.93. The van der Waals surface area contributed by atoms with Gasteiger partial charge in [-0.3, -0.25) is 4.90 Å². The standard InChI is InChI=1S/C17H33N/c1-4-6-7-10-16-14(3)15(5-2)13-18-12-9-8-11-17(16)18/h14-17H,4-13H2,1-3H3. The van der Waals surface area contributed by atoms with E-state index >= 15 is 0 Å². The topological polar surface area (TPSA) is 3.24 Å². The molecule has 0 aromatic heterocycles. The fourth-order valence-corrected chi connectivity index (χ4v) is 4.48. The predicted octanol–water partition coefficient (Wildman–Crippen LogP) is 4.71.